The number of carboxylic acids is 1. The largest absolute Gasteiger partial charge is 0.476 e. The molecule has 2 aromatic heterocycles. The molecular formula is C16H13N3O4. The topological polar surface area (TPSA) is 97.4 Å². The maximum absolute atomic E-state index is 12.1. The van der Waals surface area contributed by atoms with Gasteiger partial charge < -0.3 is 14.8 Å². The number of carbonyl (C=O) groups is 2. The lowest BCUT2D eigenvalue weighted by Crippen LogP contribution is -2.12. The first-order valence-corrected chi connectivity index (χ1v) is 6.79. The number of hydrogen-bond donors (Lipinski definition) is 2. The van der Waals surface area contributed by atoms with Crippen LogP contribution in [0.2, 0.25) is 0 Å². The molecule has 0 saturated carbocycles. The van der Waals surface area contributed by atoms with Crippen LogP contribution >= 0.6 is 0 Å². The normalized spacial score (nSPS) is 10.5. The highest BCUT2D eigenvalue weighted by Gasteiger charge is 2.12. The van der Waals surface area contributed by atoms with E-state index in [1.807, 2.05) is 0 Å². The van der Waals surface area contributed by atoms with E-state index in [-0.39, 0.29) is 11.6 Å². The Hall–Kier alpha value is -3.35. The molecule has 0 aliphatic carbocycles. The second-order valence-corrected chi connectivity index (χ2v) is 4.84. The molecule has 0 spiro atoms. The Morgan fingerprint density at radius 1 is 1.17 bits per heavy atom. The molecule has 0 fully saturated rings. The van der Waals surface area contributed by atoms with Gasteiger partial charge >= 0.3 is 5.97 Å². The second-order valence-electron chi connectivity index (χ2n) is 4.84. The number of furan rings is 1. The summed E-state index contributed by atoms with van der Waals surface area (Å²) in [5.41, 5.74) is 1.75. The SMILES string of the molecule is Cc1occc1C(=O)Nc1ccc(-n2ccc(C(=O)O)n2)cc1. The molecule has 116 valence electrons. The van der Waals surface area contributed by atoms with Crippen LogP contribution in [0.1, 0.15) is 26.6 Å². The van der Waals surface area contributed by atoms with Gasteiger partial charge in [0.2, 0.25) is 0 Å². The van der Waals surface area contributed by atoms with E-state index in [0.717, 1.165) is 0 Å². The molecule has 0 aliphatic heterocycles. The van der Waals surface area contributed by atoms with E-state index >= 15 is 0 Å². The van der Waals surface area contributed by atoms with Gasteiger partial charge in [-0.2, -0.15) is 5.10 Å². The second kappa shape index (κ2) is 5.80. The fraction of sp³-hybridized carbons (Fsp3) is 0.0625. The maximum atomic E-state index is 12.1. The Morgan fingerprint density at radius 2 is 1.91 bits per heavy atom. The van der Waals surface area contributed by atoms with Gasteiger partial charge in [0.25, 0.3) is 5.91 Å². The van der Waals surface area contributed by atoms with Gasteiger partial charge in [-0.1, -0.05) is 0 Å². The summed E-state index contributed by atoms with van der Waals surface area (Å²) in [6.07, 6.45) is 3.02. The van der Waals surface area contributed by atoms with Gasteiger partial charge in [-0.25, -0.2) is 9.48 Å². The van der Waals surface area contributed by atoms with Crippen molar-refractivity contribution in [1.82, 2.24) is 9.78 Å². The lowest BCUT2D eigenvalue weighted by Gasteiger charge is -2.06. The predicted molar refractivity (Wildman–Crippen MR) is 81.9 cm³/mol. The van der Waals surface area contributed by atoms with Crippen molar-refractivity contribution in [3.63, 3.8) is 0 Å². The molecule has 0 unspecified atom stereocenters. The van der Waals surface area contributed by atoms with Gasteiger partial charge in [-0.3, -0.25) is 4.79 Å². The van der Waals surface area contributed by atoms with E-state index in [4.69, 9.17) is 9.52 Å². The first-order valence-electron chi connectivity index (χ1n) is 6.79. The molecule has 0 aliphatic rings. The van der Waals surface area contributed by atoms with Crippen molar-refractivity contribution in [3.05, 3.63) is 65.9 Å². The Kier molecular flexibility index (Phi) is 3.68. The fourth-order valence-corrected chi connectivity index (χ4v) is 2.10. The lowest BCUT2D eigenvalue weighted by atomic mass is 10.2. The van der Waals surface area contributed by atoms with Crippen molar-refractivity contribution in [2.45, 2.75) is 6.92 Å². The number of carbonyl (C=O) groups excluding carboxylic acids is 1. The minimum Gasteiger partial charge on any atom is -0.476 e. The summed E-state index contributed by atoms with van der Waals surface area (Å²) in [5.74, 6) is -0.781. The first-order chi connectivity index (χ1) is 11.0. The van der Waals surface area contributed by atoms with Crippen LogP contribution in [-0.4, -0.2) is 26.8 Å². The van der Waals surface area contributed by atoms with Crippen LogP contribution < -0.4 is 5.32 Å². The van der Waals surface area contributed by atoms with Gasteiger partial charge in [0.1, 0.15) is 5.76 Å². The first kappa shape index (κ1) is 14.6. The standard InChI is InChI=1S/C16H13N3O4/c1-10-13(7-9-23-10)15(20)17-11-2-4-12(5-3-11)19-8-6-14(18-19)16(21)22/h2-9H,1H3,(H,17,20)(H,21,22). The number of amides is 1. The number of carboxylic acid groups (broad SMARTS) is 1. The van der Waals surface area contributed by atoms with Crippen LogP contribution in [0.15, 0.2) is 53.3 Å². The minimum absolute atomic E-state index is 0.0298. The highest BCUT2D eigenvalue weighted by molar-refractivity contribution is 6.04. The molecule has 7 heteroatoms. The number of aromatic nitrogens is 2. The van der Waals surface area contributed by atoms with E-state index in [1.165, 1.54) is 17.0 Å². The molecule has 0 saturated heterocycles. The van der Waals surface area contributed by atoms with Gasteiger partial charge in [0.05, 0.1) is 17.5 Å². The number of aromatic carboxylic acids is 1. The van der Waals surface area contributed by atoms with E-state index in [1.54, 1.807) is 43.5 Å². The molecule has 23 heavy (non-hydrogen) atoms. The summed E-state index contributed by atoms with van der Waals surface area (Å²) in [6.45, 7) is 1.72. The third-order valence-corrected chi connectivity index (χ3v) is 3.30. The summed E-state index contributed by atoms with van der Waals surface area (Å²) in [5, 5.41) is 15.6. The fourth-order valence-electron chi connectivity index (χ4n) is 2.10. The predicted octanol–water partition coefficient (Wildman–Crippen LogP) is 2.72. The van der Waals surface area contributed by atoms with E-state index in [2.05, 4.69) is 10.4 Å². The van der Waals surface area contributed by atoms with Crippen LogP contribution in [0.25, 0.3) is 5.69 Å². The van der Waals surface area contributed by atoms with Crippen molar-refractivity contribution in [2.24, 2.45) is 0 Å². The zero-order valence-electron chi connectivity index (χ0n) is 12.2. The van der Waals surface area contributed by atoms with E-state index in [9.17, 15) is 9.59 Å². The van der Waals surface area contributed by atoms with Crippen molar-refractivity contribution < 1.29 is 19.1 Å². The summed E-state index contributed by atoms with van der Waals surface area (Å²) >= 11 is 0. The quantitative estimate of drug-likeness (QED) is 0.772. The zero-order chi connectivity index (χ0) is 16.4. The maximum Gasteiger partial charge on any atom is 0.356 e. The average molecular weight is 311 g/mol. The van der Waals surface area contributed by atoms with Crippen molar-refractivity contribution in [2.75, 3.05) is 5.32 Å². The minimum atomic E-state index is -1.08. The zero-order valence-corrected chi connectivity index (χ0v) is 12.2. The molecule has 3 rings (SSSR count). The molecule has 7 nitrogen and oxygen atoms in total. The molecule has 0 bridgehead atoms. The van der Waals surface area contributed by atoms with Gasteiger partial charge in [0.15, 0.2) is 5.69 Å². The average Bonchev–Trinajstić information content (AvgIpc) is 3.17. The molecule has 3 aromatic rings. The van der Waals surface area contributed by atoms with Crippen LogP contribution in [0.3, 0.4) is 0 Å². The highest BCUT2D eigenvalue weighted by atomic mass is 16.4. The third-order valence-electron chi connectivity index (χ3n) is 3.30. The number of benzene rings is 1. The van der Waals surface area contributed by atoms with Gasteiger partial charge in [0, 0.05) is 11.9 Å². The number of anilines is 1. The van der Waals surface area contributed by atoms with E-state index < -0.39 is 5.97 Å². The number of nitrogens with zero attached hydrogens (tertiary/aromatic N) is 2. The number of rotatable bonds is 4. The number of aryl methyl sites for hydroxylation is 1. The number of nitrogens with one attached hydrogen (secondary N) is 1. The van der Waals surface area contributed by atoms with E-state index in [0.29, 0.717) is 22.7 Å². The van der Waals surface area contributed by atoms with Crippen LogP contribution in [-0.2, 0) is 0 Å². The summed E-state index contributed by atoms with van der Waals surface area (Å²) in [4.78, 5) is 22.9. The summed E-state index contributed by atoms with van der Waals surface area (Å²) in [6, 6.07) is 9.92. The number of hydrogen-bond acceptors (Lipinski definition) is 4. The van der Waals surface area contributed by atoms with Crippen LogP contribution in [0.5, 0.6) is 0 Å². The summed E-state index contributed by atoms with van der Waals surface area (Å²) < 4.78 is 6.56. The molecule has 1 amide bonds. The Labute approximate surface area is 131 Å². The van der Waals surface area contributed by atoms with Crippen LogP contribution in [0, 0.1) is 6.92 Å². The molecule has 0 radical (unpaired) electrons. The third kappa shape index (κ3) is 2.98. The Morgan fingerprint density at radius 3 is 2.48 bits per heavy atom. The van der Waals surface area contributed by atoms with Crippen LogP contribution in [0.4, 0.5) is 5.69 Å². The van der Waals surface area contributed by atoms with Gasteiger partial charge in [-0.15, -0.1) is 0 Å². The van der Waals surface area contributed by atoms with Gasteiger partial charge in [-0.05, 0) is 43.3 Å². The lowest BCUT2D eigenvalue weighted by molar-refractivity contribution is 0.0689. The molecule has 2 heterocycles. The molecule has 1 aromatic carbocycles. The smallest absolute Gasteiger partial charge is 0.356 e. The van der Waals surface area contributed by atoms with Crippen molar-refractivity contribution in [3.8, 4) is 5.69 Å². The molecule has 2 N–H and O–H groups in total. The highest BCUT2D eigenvalue weighted by Crippen LogP contribution is 2.16. The summed E-state index contributed by atoms with van der Waals surface area (Å²) in [7, 11) is 0. The Bertz CT molecular complexity index is 862. The molecular weight excluding hydrogens is 298 g/mol. The van der Waals surface area contributed by atoms with Crippen molar-refractivity contribution in [1.29, 1.82) is 0 Å². The molecule has 0 atom stereocenters. The van der Waals surface area contributed by atoms with Crippen molar-refractivity contribution >= 4 is 17.6 Å². The Balaban J connectivity index is 1.75. The monoisotopic (exact) mass is 311 g/mol.